The molecule has 30 heavy (non-hydrogen) atoms. The van der Waals surface area contributed by atoms with Gasteiger partial charge in [-0.3, -0.25) is 24.1 Å². The first-order chi connectivity index (χ1) is 14.2. The molecule has 2 N–H and O–H groups in total. The number of rotatable bonds is 3. The largest absolute Gasteiger partial charge is 0.502 e. The van der Waals surface area contributed by atoms with Crippen molar-refractivity contribution < 1.29 is 19.1 Å². The van der Waals surface area contributed by atoms with Crippen LogP contribution in [0.3, 0.4) is 0 Å². The molecule has 4 rings (SSSR count). The first kappa shape index (κ1) is 20.2. The second-order valence-corrected chi connectivity index (χ2v) is 7.92. The number of carbonyl (C=O) groups excluding carboxylic acids is 2. The number of hydrogen-bond acceptors (Lipinski definition) is 5. The average Bonchev–Trinajstić information content (AvgIpc) is 3.11. The standard InChI is InChI=1S/C20H20ClFN4O4/c1-10-6-7-14-24(2)20(30)16-18(28)17(27)12(9-25(16)26(10)14)19(29)23-8-11-4-3-5-13(21)15(11)22/h3-5,9-10,14,28H,6-8H2,1-2H3,(H,23,29)/t10-,14+/m1/s1. The Morgan fingerprint density at radius 2 is 2.07 bits per heavy atom. The molecule has 2 aliphatic heterocycles. The summed E-state index contributed by atoms with van der Waals surface area (Å²) in [5, 5.41) is 14.7. The molecule has 2 aromatic rings. The topological polar surface area (TPSA) is 94.9 Å². The minimum atomic E-state index is -0.961. The first-order valence-electron chi connectivity index (χ1n) is 9.47. The molecule has 0 unspecified atom stereocenters. The number of aromatic nitrogens is 1. The number of aromatic hydroxyl groups is 1. The van der Waals surface area contributed by atoms with Crippen LogP contribution in [0.25, 0.3) is 0 Å². The summed E-state index contributed by atoms with van der Waals surface area (Å²) in [5.41, 5.74) is -1.32. The molecule has 2 amide bonds. The van der Waals surface area contributed by atoms with Gasteiger partial charge in [-0.2, -0.15) is 0 Å². The van der Waals surface area contributed by atoms with E-state index in [2.05, 4.69) is 5.32 Å². The van der Waals surface area contributed by atoms with E-state index in [1.54, 1.807) is 13.1 Å². The number of carbonyl (C=O) groups is 2. The number of pyridine rings is 1. The zero-order valence-corrected chi connectivity index (χ0v) is 17.1. The summed E-state index contributed by atoms with van der Waals surface area (Å²) in [6.45, 7) is 1.77. The summed E-state index contributed by atoms with van der Waals surface area (Å²) in [5.74, 6) is -2.73. The SMILES string of the molecule is C[C@@H]1CC[C@H]2N(C)C(=O)c3c(O)c(=O)c(C(=O)NCc4cccc(Cl)c4F)cn3N12. The minimum absolute atomic E-state index is 0.0302. The number of nitrogens with one attached hydrogen (secondary N) is 1. The van der Waals surface area contributed by atoms with Gasteiger partial charge in [-0.15, -0.1) is 0 Å². The van der Waals surface area contributed by atoms with Crippen LogP contribution in [0, 0.1) is 5.82 Å². The molecule has 8 nitrogen and oxygen atoms in total. The first-order valence-corrected chi connectivity index (χ1v) is 9.85. The fourth-order valence-electron chi connectivity index (χ4n) is 4.07. The van der Waals surface area contributed by atoms with Crippen LogP contribution in [0.2, 0.25) is 5.02 Å². The summed E-state index contributed by atoms with van der Waals surface area (Å²) in [4.78, 5) is 39.5. The Kier molecular flexibility index (Phi) is 4.93. The maximum atomic E-state index is 14.1. The van der Waals surface area contributed by atoms with E-state index in [0.29, 0.717) is 0 Å². The van der Waals surface area contributed by atoms with Crippen LogP contribution in [-0.2, 0) is 6.54 Å². The summed E-state index contributed by atoms with van der Waals surface area (Å²) < 4.78 is 15.5. The van der Waals surface area contributed by atoms with Crippen LogP contribution in [0.15, 0.2) is 29.2 Å². The highest BCUT2D eigenvalue weighted by Gasteiger charge is 2.43. The highest BCUT2D eigenvalue weighted by atomic mass is 35.5. The molecule has 2 aliphatic rings. The number of fused-ring (bicyclic) bond motifs is 3. The Hall–Kier alpha value is -3.07. The van der Waals surface area contributed by atoms with Crippen LogP contribution < -0.4 is 15.8 Å². The van der Waals surface area contributed by atoms with E-state index >= 15 is 0 Å². The van der Waals surface area contributed by atoms with Gasteiger partial charge in [0.1, 0.15) is 17.5 Å². The summed E-state index contributed by atoms with van der Waals surface area (Å²) >= 11 is 5.75. The lowest BCUT2D eigenvalue weighted by Crippen LogP contribution is -2.59. The summed E-state index contributed by atoms with van der Waals surface area (Å²) in [6, 6.07) is 4.42. The summed E-state index contributed by atoms with van der Waals surface area (Å²) in [6.07, 6.45) is 2.56. The maximum Gasteiger partial charge on any atom is 0.277 e. The van der Waals surface area contributed by atoms with Crippen molar-refractivity contribution in [1.82, 2.24) is 14.9 Å². The van der Waals surface area contributed by atoms with Crippen molar-refractivity contribution in [2.75, 3.05) is 12.1 Å². The molecule has 0 saturated carbocycles. The van der Waals surface area contributed by atoms with Crippen LogP contribution in [0.4, 0.5) is 4.39 Å². The van der Waals surface area contributed by atoms with E-state index in [9.17, 15) is 23.9 Å². The molecular weight excluding hydrogens is 415 g/mol. The van der Waals surface area contributed by atoms with E-state index in [0.717, 1.165) is 12.8 Å². The highest BCUT2D eigenvalue weighted by Crippen LogP contribution is 2.32. The Morgan fingerprint density at radius 3 is 2.80 bits per heavy atom. The number of halogens is 2. The predicted molar refractivity (Wildman–Crippen MR) is 108 cm³/mol. The Balaban J connectivity index is 1.71. The molecule has 1 aromatic heterocycles. The maximum absolute atomic E-state index is 14.1. The van der Waals surface area contributed by atoms with Gasteiger partial charge in [-0.1, -0.05) is 23.7 Å². The Labute approximate surface area is 176 Å². The molecule has 158 valence electrons. The van der Waals surface area contributed by atoms with Gasteiger partial charge in [0, 0.05) is 31.4 Å². The average molecular weight is 435 g/mol. The lowest BCUT2D eigenvalue weighted by atomic mass is 10.1. The van der Waals surface area contributed by atoms with E-state index in [1.807, 2.05) is 11.9 Å². The van der Waals surface area contributed by atoms with Gasteiger partial charge in [0.2, 0.25) is 5.43 Å². The van der Waals surface area contributed by atoms with Crippen molar-refractivity contribution >= 4 is 23.4 Å². The zero-order valence-electron chi connectivity index (χ0n) is 16.4. The zero-order chi connectivity index (χ0) is 21.7. The number of benzene rings is 1. The quantitative estimate of drug-likeness (QED) is 0.768. The molecular formula is C20H20ClFN4O4. The van der Waals surface area contributed by atoms with Crippen LogP contribution in [-0.4, -0.2) is 45.8 Å². The third kappa shape index (κ3) is 3.00. The smallest absolute Gasteiger partial charge is 0.277 e. The number of amides is 2. The van der Waals surface area contributed by atoms with Crippen LogP contribution >= 0.6 is 11.6 Å². The Morgan fingerprint density at radius 1 is 1.33 bits per heavy atom. The van der Waals surface area contributed by atoms with Gasteiger partial charge < -0.3 is 15.3 Å². The number of nitrogens with zero attached hydrogens (tertiary/aromatic N) is 3. The molecule has 2 atom stereocenters. The molecule has 0 radical (unpaired) electrons. The van der Waals surface area contributed by atoms with Crippen molar-refractivity contribution in [3.63, 3.8) is 0 Å². The monoisotopic (exact) mass is 434 g/mol. The number of hydrogen-bond donors (Lipinski definition) is 2. The fourth-order valence-corrected chi connectivity index (χ4v) is 4.26. The molecule has 1 fully saturated rings. The molecule has 0 bridgehead atoms. The van der Waals surface area contributed by atoms with Crippen molar-refractivity contribution in [2.45, 2.75) is 38.5 Å². The second-order valence-electron chi connectivity index (χ2n) is 7.51. The molecule has 0 spiro atoms. The van der Waals surface area contributed by atoms with Gasteiger partial charge in [0.15, 0.2) is 11.4 Å². The molecule has 0 aliphatic carbocycles. The highest BCUT2D eigenvalue weighted by molar-refractivity contribution is 6.30. The lowest BCUT2D eigenvalue weighted by Gasteiger charge is -2.43. The van der Waals surface area contributed by atoms with E-state index < -0.39 is 28.8 Å². The summed E-state index contributed by atoms with van der Waals surface area (Å²) in [7, 11) is 1.62. The van der Waals surface area contributed by atoms with Gasteiger partial charge in [-0.05, 0) is 25.8 Å². The van der Waals surface area contributed by atoms with Gasteiger partial charge >= 0.3 is 0 Å². The van der Waals surface area contributed by atoms with Gasteiger partial charge in [0.25, 0.3) is 11.8 Å². The fraction of sp³-hybridized carbons (Fsp3) is 0.350. The second kappa shape index (κ2) is 7.32. The van der Waals surface area contributed by atoms with Crippen LogP contribution in [0.5, 0.6) is 5.75 Å². The predicted octanol–water partition coefficient (Wildman–Crippen LogP) is 1.81. The van der Waals surface area contributed by atoms with Crippen molar-refractivity contribution in [2.24, 2.45) is 0 Å². The van der Waals surface area contributed by atoms with Gasteiger partial charge in [-0.25, -0.2) is 4.39 Å². The van der Waals surface area contributed by atoms with E-state index in [-0.39, 0.29) is 40.6 Å². The molecule has 1 saturated heterocycles. The Bertz CT molecular complexity index is 1120. The molecule has 10 heteroatoms. The van der Waals surface area contributed by atoms with Crippen molar-refractivity contribution in [1.29, 1.82) is 0 Å². The van der Waals surface area contributed by atoms with Crippen molar-refractivity contribution in [3.8, 4) is 5.75 Å². The van der Waals surface area contributed by atoms with Gasteiger partial charge in [0.05, 0.1) is 5.02 Å². The van der Waals surface area contributed by atoms with Crippen molar-refractivity contribution in [3.05, 3.63) is 62.3 Å². The third-order valence-electron chi connectivity index (χ3n) is 5.70. The molecule has 3 heterocycles. The minimum Gasteiger partial charge on any atom is -0.502 e. The van der Waals surface area contributed by atoms with E-state index in [4.69, 9.17) is 11.6 Å². The van der Waals surface area contributed by atoms with E-state index in [1.165, 1.54) is 27.9 Å². The van der Waals surface area contributed by atoms with Crippen LogP contribution in [0.1, 0.15) is 46.2 Å². The normalized spacial score (nSPS) is 20.2. The lowest BCUT2D eigenvalue weighted by molar-refractivity contribution is 0.0649. The molecule has 1 aromatic carbocycles. The third-order valence-corrected chi connectivity index (χ3v) is 5.99.